The van der Waals surface area contributed by atoms with Crippen LogP contribution >= 0.6 is 22.9 Å². The molecular formula is C13H9ClN2O2S2. The summed E-state index contributed by atoms with van der Waals surface area (Å²) in [6, 6.07) is 6.87. The van der Waals surface area contributed by atoms with Crippen LogP contribution in [-0.2, 0) is 9.84 Å². The summed E-state index contributed by atoms with van der Waals surface area (Å²) in [5.74, 6) is 0. The molecule has 0 fully saturated rings. The van der Waals surface area contributed by atoms with Crippen LogP contribution < -0.4 is 0 Å². The molecule has 2 heterocycles. The second-order valence-corrected chi connectivity index (χ2v) is 7.50. The lowest BCUT2D eigenvalue weighted by atomic mass is 10.1. The van der Waals surface area contributed by atoms with Gasteiger partial charge >= 0.3 is 0 Å². The number of nitrogens with zero attached hydrogens (tertiary/aromatic N) is 2. The molecule has 3 aromatic rings. The van der Waals surface area contributed by atoms with Crippen LogP contribution in [0.3, 0.4) is 0 Å². The molecule has 0 spiro atoms. The SMILES string of the molecule is CS(=O)(=O)c1ccccc1-c1csc2cnc(Cl)nc12. The fourth-order valence-electron chi connectivity index (χ4n) is 2.01. The zero-order chi connectivity index (χ0) is 14.3. The minimum Gasteiger partial charge on any atom is -0.225 e. The minimum absolute atomic E-state index is 0.147. The largest absolute Gasteiger partial charge is 0.225 e. The van der Waals surface area contributed by atoms with E-state index < -0.39 is 9.84 Å². The van der Waals surface area contributed by atoms with Gasteiger partial charge < -0.3 is 0 Å². The number of halogens is 1. The van der Waals surface area contributed by atoms with Crippen LogP contribution in [0.4, 0.5) is 0 Å². The van der Waals surface area contributed by atoms with Gasteiger partial charge in [0.2, 0.25) is 5.28 Å². The van der Waals surface area contributed by atoms with Gasteiger partial charge in [-0.05, 0) is 17.7 Å². The molecule has 20 heavy (non-hydrogen) atoms. The van der Waals surface area contributed by atoms with Crippen molar-refractivity contribution in [3.8, 4) is 11.1 Å². The summed E-state index contributed by atoms with van der Waals surface area (Å²) in [6.45, 7) is 0. The van der Waals surface area contributed by atoms with Crippen molar-refractivity contribution >= 4 is 43.0 Å². The molecule has 0 amide bonds. The van der Waals surface area contributed by atoms with Crippen LogP contribution in [-0.4, -0.2) is 24.6 Å². The number of rotatable bonds is 2. The maximum Gasteiger partial charge on any atom is 0.222 e. The molecule has 0 radical (unpaired) electrons. The first kappa shape index (κ1) is 13.5. The van der Waals surface area contributed by atoms with E-state index in [1.54, 1.807) is 30.5 Å². The Labute approximate surface area is 125 Å². The van der Waals surface area contributed by atoms with Crippen molar-refractivity contribution in [2.75, 3.05) is 6.26 Å². The summed E-state index contributed by atoms with van der Waals surface area (Å²) in [7, 11) is -3.31. The van der Waals surface area contributed by atoms with E-state index in [9.17, 15) is 8.42 Å². The van der Waals surface area contributed by atoms with Gasteiger partial charge in [0.15, 0.2) is 9.84 Å². The van der Waals surface area contributed by atoms with E-state index in [0.29, 0.717) is 11.1 Å². The highest BCUT2D eigenvalue weighted by atomic mass is 35.5. The van der Waals surface area contributed by atoms with Crippen LogP contribution in [0.2, 0.25) is 5.28 Å². The topological polar surface area (TPSA) is 59.9 Å². The van der Waals surface area contributed by atoms with Gasteiger partial charge in [-0.3, -0.25) is 0 Å². The summed E-state index contributed by atoms with van der Waals surface area (Å²) < 4.78 is 24.7. The third-order valence-corrected chi connectivity index (χ3v) is 5.10. The fraction of sp³-hybridized carbons (Fsp3) is 0.0769. The second-order valence-electron chi connectivity index (χ2n) is 4.27. The molecule has 0 unspecified atom stereocenters. The van der Waals surface area contributed by atoms with Crippen LogP contribution in [0.5, 0.6) is 0 Å². The minimum atomic E-state index is -3.31. The van der Waals surface area contributed by atoms with Gasteiger partial charge in [0.1, 0.15) is 0 Å². The van der Waals surface area contributed by atoms with Crippen molar-refractivity contribution in [1.82, 2.24) is 9.97 Å². The molecule has 2 aromatic heterocycles. The van der Waals surface area contributed by atoms with E-state index in [1.165, 1.54) is 17.6 Å². The molecule has 0 N–H and O–H groups in total. The predicted molar refractivity (Wildman–Crippen MR) is 81.0 cm³/mol. The predicted octanol–water partition coefficient (Wildman–Crippen LogP) is 3.42. The van der Waals surface area contributed by atoms with Crippen molar-refractivity contribution in [2.24, 2.45) is 0 Å². The zero-order valence-corrected chi connectivity index (χ0v) is 12.8. The average molecular weight is 325 g/mol. The Morgan fingerprint density at radius 1 is 1.20 bits per heavy atom. The highest BCUT2D eigenvalue weighted by Gasteiger charge is 2.17. The Bertz CT molecular complexity index is 904. The molecular weight excluding hydrogens is 316 g/mol. The smallest absolute Gasteiger partial charge is 0.222 e. The van der Waals surface area contributed by atoms with Crippen LogP contribution in [0.25, 0.3) is 21.3 Å². The number of hydrogen-bond donors (Lipinski definition) is 0. The number of sulfone groups is 1. The number of fused-ring (bicyclic) bond motifs is 1. The maximum atomic E-state index is 11.9. The van der Waals surface area contributed by atoms with E-state index in [-0.39, 0.29) is 10.2 Å². The highest BCUT2D eigenvalue weighted by molar-refractivity contribution is 7.90. The molecule has 7 heteroatoms. The Balaban J connectivity index is 2.35. The van der Waals surface area contributed by atoms with E-state index in [4.69, 9.17) is 11.6 Å². The fourth-order valence-corrected chi connectivity index (χ4v) is 3.91. The lowest BCUT2D eigenvalue weighted by Gasteiger charge is -2.06. The molecule has 102 valence electrons. The third-order valence-electron chi connectivity index (χ3n) is 2.86. The summed E-state index contributed by atoms with van der Waals surface area (Å²) >= 11 is 7.29. The van der Waals surface area contributed by atoms with Crippen LogP contribution in [0.15, 0.2) is 40.7 Å². The van der Waals surface area contributed by atoms with Crippen molar-refractivity contribution < 1.29 is 8.42 Å². The van der Waals surface area contributed by atoms with Crippen molar-refractivity contribution in [1.29, 1.82) is 0 Å². The van der Waals surface area contributed by atoms with Crippen molar-refractivity contribution in [2.45, 2.75) is 4.90 Å². The van der Waals surface area contributed by atoms with Crippen LogP contribution in [0.1, 0.15) is 0 Å². The first-order valence-corrected chi connectivity index (χ1v) is 8.81. The lowest BCUT2D eigenvalue weighted by Crippen LogP contribution is -1.99. The molecule has 0 aliphatic carbocycles. The van der Waals surface area contributed by atoms with Crippen molar-refractivity contribution in [3.63, 3.8) is 0 Å². The standard InChI is InChI=1S/C13H9ClN2O2S2/c1-20(17,18)11-5-3-2-4-8(11)9-7-19-10-6-15-13(14)16-12(9)10/h2-7H,1H3. The number of thiophene rings is 1. The van der Waals surface area contributed by atoms with Crippen LogP contribution in [0, 0.1) is 0 Å². The molecule has 1 aromatic carbocycles. The van der Waals surface area contributed by atoms with E-state index in [2.05, 4.69) is 9.97 Å². The lowest BCUT2D eigenvalue weighted by molar-refractivity contribution is 0.602. The average Bonchev–Trinajstić information content (AvgIpc) is 2.80. The number of hydrogen-bond acceptors (Lipinski definition) is 5. The number of benzene rings is 1. The maximum absolute atomic E-state index is 11.9. The van der Waals surface area contributed by atoms with E-state index in [0.717, 1.165) is 10.3 Å². The first-order valence-electron chi connectivity index (χ1n) is 5.66. The quantitative estimate of drug-likeness (QED) is 0.678. The Morgan fingerprint density at radius 2 is 1.95 bits per heavy atom. The zero-order valence-electron chi connectivity index (χ0n) is 10.4. The number of aromatic nitrogens is 2. The highest BCUT2D eigenvalue weighted by Crippen LogP contribution is 2.36. The molecule has 0 saturated carbocycles. The summed E-state index contributed by atoms with van der Waals surface area (Å²) in [5, 5.41) is 2.02. The molecule has 0 aliphatic heterocycles. The Morgan fingerprint density at radius 3 is 2.70 bits per heavy atom. The summed E-state index contributed by atoms with van der Waals surface area (Å²) in [4.78, 5) is 8.42. The summed E-state index contributed by atoms with van der Waals surface area (Å²) in [6.07, 6.45) is 2.84. The molecule has 0 bridgehead atoms. The normalized spacial score (nSPS) is 11.9. The van der Waals surface area contributed by atoms with Gasteiger partial charge in [-0.2, -0.15) is 0 Å². The van der Waals surface area contributed by atoms with Gasteiger partial charge in [-0.1, -0.05) is 18.2 Å². The molecule has 0 aliphatic rings. The van der Waals surface area contributed by atoms with E-state index >= 15 is 0 Å². The molecule has 0 saturated heterocycles. The Hall–Kier alpha value is -1.50. The van der Waals surface area contributed by atoms with Gasteiger partial charge in [-0.25, -0.2) is 18.4 Å². The second kappa shape index (κ2) is 4.80. The molecule has 4 nitrogen and oxygen atoms in total. The third kappa shape index (κ3) is 2.30. The van der Waals surface area contributed by atoms with Gasteiger partial charge in [-0.15, -0.1) is 11.3 Å². The van der Waals surface area contributed by atoms with Gasteiger partial charge in [0.25, 0.3) is 0 Å². The monoisotopic (exact) mass is 324 g/mol. The molecule has 0 atom stereocenters. The first-order chi connectivity index (χ1) is 9.47. The summed E-state index contributed by atoms with van der Waals surface area (Å²) in [5.41, 5.74) is 2.07. The van der Waals surface area contributed by atoms with Gasteiger partial charge in [0.05, 0.1) is 15.1 Å². The molecule has 3 rings (SSSR count). The van der Waals surface area contributed by atoms with E-state index in [1.807, 2.05) is 5.38 Å². The van der Waals surface area contributed by atoms with Crippen molar-refractivity contribution in [3.05, 3.63) is 41.1 Å². The Kier molecular flexibility index (Phi) is 3.24. The van der Waals surface area contributed by atoms with Gasteiger partial charge in [0, 0.05) is 29.0 Å².